The van der Waals surface area contributed by atoms with Crippen LogP contribution in [0.1, 0.15) is 6.92 Å². The molecular formula is C12H12N4O4S. The van der Waals surface area contributed by atoms with E-state index in [1.165, 1.54) is 7.11 Å². The molecule has 2 aromatic heterocycles. The quantitative estimate of drug-likeness (QED) is 0.847. The first kappa shape index (κ1) is 15.0. The maximum absolute atomic E-state index is 11.7. The van der Waals surface area contributed by atoms with Crippen molar-refractivity contribution >= 4 is 23.8 Å². The number of imide groups is 1. The van der Waals surface area contributed by atoms with Crippen LogP contribution in [0.3, 0.4) is 0 Å². The van der Waals surface area contributed by atoms with Crippen LogP contribution in [-0.4, -0.2) is 39.5 Å². The molecule has 110 valence electrons. The summed E-state index contributed by atoms with van der Waals surface area (Å²) in [6.07, 6.45) is 2.42. The van der Waals surface area contributed by atoms with E-state index in [4.69, 9.17) is 4.42 Å². The largest absolute Gasteiger partial charge is 0.453 e. The van der Waals surface area contributed by atoms with Crippen molar-refractivity contribution in [2.75, 3.05) is 7.11 Å². The fourth-order valence-electron chi connectivity index (χ4n) is 1.32. The second-order valence-corrected chi connectivity index (χ2v) is 5.15. The van der Waals surface area contributed by atoms with Crippen molar-refractivity contribution in [3.63, 3.8) is 0 Å². The van der Waals surface area contributed by atoms with Gasteiger partial charge in [-0.2, -0.15) is 0 Å². The predicted octanol–water partition coefficient (Wildman–Crippen LogP) is 1.49. The van der Waals surface area contributed by atoms with Crippen LogP contribution < -0.4 is 5.32 Å². The second-order valence-electron chi connectivity index (χ2n) is 3.86. The molecule has 0 radical (unpaired) electrons. The molecule has 0 aliphatic heterocycles. The summed E-state index contributed by atoms with van der Waals surface area (Å²) in [4.78, 5) is 26.6. The van der Waals surface area contributed by atoms with E-state index in [2.05, 4.69) is 25.2 Å². The Morgan fingerprint density at radius 2 is 2.24 bits per heavy atom. The number of pyridine rings is 1. The van der Waals surface area contributed by atoms with E-state index in [0.29, 0.717) is 11.5 Å². The van der Waals surface area contributed by atoms with Crippen molar-refractivity contribution in [3.8, 4) is 11.5 Å². The number of amides is 2. The van der Waals surface area contributed by atoms with Crippen molar-refractivity contribution in [1.82, 2.24) is 20.5 Å². The zero-order valence-corrected chi connectivity index (χ0v) is 12.1. The van der Waals surface area contributed by atoms with Crippen LogP contribution in [0.4, 0.5) is 4.79 Å². The van der Waals surface area contributed by atoms with Gasteiger partial charge in [-0.05, 0) is 19.1 Å². The number of ether oxygens (including phenoxy) is 1. The summed E-state index contributed by atoms with van der Waals surface area (Å²) in [5.41, 5.74) is 0.684. The van der Waals surface area contributed by atoms with Gasteiger partial charge in [0.15, 0.2) is 0 Å². The zero-order valence-electron chi connectivity index (χ0n) is 11.3. The monoisotopic (exact) mass is 308 g/mol. The topological polar surface area (TPSA) is 107 Å². The van der Waals surface area contributed by atoms with E-state index in [1.807, 2.05) is 0 Å². The number of nitrogens with one attached hydrogen (secondary N) is 1. The summed E-state index contributed by atoms with van der Waals surface area (Å²) < 4.78 is 9.77. The number of thioether (sulfide) groups is 1. The summed E-state index contributed by atoms with van der Waals surface area (Å²) >= 11 is 1.04. The highest BCUT2D eigenvalue weighted by molar-refractivity contribution is 8.00. The van der Waals surface area contributed by atoms with Gasteiger partial charge in [-0.1, -0.05) is 11.8 Å². The summed E-state index contributed by atoms with van der Waals surface area (Å²) in [7, 11) is 1.18. The number of rotatable bonds is 4. The van der Waals surface area contributed by atoms with E-state index < -0.39 is 17.3 Å². The lowest BCUT2D eigenvalue weighted by Gasteiger charge is -2.07. The van der Waals surface area contributed by atoms with Gasteiger partial charge in [0.2, 0.25) is 11.8 Å². The minimum atomic E-state index is -0.811. The summed E-state index contributed by atoms with van der Waals surface area (Å²) in [5, 5.41) is 9.41. The summed E-state index contributed by atoms with van der Waals surface area (Å²) in [6.45, 7) is 1.61. The maximum atomic E-state index is 11.7. The molecule has 2 heterocycles. The SMILES string of the molecule is COC(=O)NC(=O)[C@H](C)Sc1nnc(-c2cccnc2)o1. The summed E-state index contributed by atoms with van der Waals surface area (Å²) in [5.74, 6) is -0.195. The lowest BCUT2D eigenvalue weighted by molar-refractivity contribution is -0.119. The Bertz CT molecular complexity index is 631. The Balaban J connectivity index is 1.99. The van der Waals surface area contributed by atoms with Crippen molar-refractivity contribution in [2.24, 2.45) is 0 Å². The van der Waals surface area contributed by atoms with Crippen molar-refractivity contribution in [2.45, 2.75) is 17.4 Å². The molecule has 2 rings (SSSR count). The number of hydrogen-bond acceptors (Lipinski definition) is 8. The van der Waals surface area contributed by atoms with E-state index in [9.17, 15) is 9.59 Å². The van der Waals surface area contributed by atoms with Crippen molar-refractivity contribution < 1.29 is 18.7 Å². The Kier molecular flexibility index (Phi) is 4.88. The van der Waals surface area contributed by atoms with Gasteiger partial charge in [-0.3, -0.25) is 15.1 Å². The smallest absolute Gasteiger partial charge is 0.413 e. The lowest BCUT2D eigenvalue weighted by Crippen LogP contribution is -2.35. The molecule has 0 aromatic carbocycles. The number of aromatic nitrogens is 3. The number of carbonyl (C=O) groups excluding carboxylic acids is 2. The molecule has 0 spiro atoms. The lowest BCUT2D eigenvalue weighted by atomic mass is 10.3. The van der Waals surface area contributed by atoms with Gasteiger partial charge in [-0.15, -0.1) is 10.2 Å². The van der Waals surface area contributed by atoms with E-state index >= 15 is 0 Å². The molecule has 8 nitrogen and oxygen atoms in total. The van der Waals surface area contributed by atoms with E-state index in [-0.39, 0.29) is 5.22 Å². The molecule has 2 amide bonds. The normalized spacial score (nSPS) is 11.7. The summed E-state index contributed by atoms with van der Waals surface area (Å²) in [6, 6.07) is 3.53. The fourth-order valence-corrected chi connectivity index (χ4v) is 2.00. The zero-order chi connectivity index (χ0) is 15.2. The molecule has 2 aromatic rings. The van der Waals surface area contributed by atoms with Gasteiger partial charge in [0.25, 0.3) is 5.22 Å². The van der Waals surface area contributed by atoms with E-state index in [0.717, 1.165) is 11.8 Å². The van der Waals surface area contributed by atoms with Gasteiger partial charge >= 0.3 is 6.09 Å². The van der Waals surface area contributed by atoms with Crippen LogP contribution in [-0.2, 0) is 9.53 Å². The molecule has 0 bridgehead atoms. The molecule has 0 saturated heterocycles. The Hall–Kier alpha value is -2.42. The van der Waals surface area contributed by atoms with Gasteiger partial charge in [0, 0.05) is 12.4 Å². The number of alkyl carbamates (subject to hydrolysis) is 1. The molecule has 1 N–H and O–H groups in total. The van der Waals surface area contributed by atoms with Crippen LogP contribution in [0.15, 0.2) is 34.2 Å². The van der Waals surface area contributed by atoms with Crippen LogP contribution in [0.25, 0.3) is 11.5 Å². The highest BCUT2D eigenvalue weighted by Crippen LogP contribution is 2.25. The molecule has 9 heteroatoms. The predicted molar refractivity (Wildman–Crippen MR) is 73.4 cm³/mol. The van der Waals surface area contributed by atoms with Gasteiger partial charge < -0.3 is 9.15 Å². The van der Waals surface area contributed by atoms with Crippen LogP contribution in [0.2, 0.25) is 0 Å². The average Bonchev–Trinajstić information content (AvgIpc) is 2.96. The van der Waals surface area contributed by atoms with Crippen molar-refractivity contribution in [1.29, 1.82) is 0 Å². The van der Waals surface area contributed by atoms with Crippen LogP contribution >= 0.6 is 11.8 Å². The van der Waals surface area contributed by atoms with Crippen LogP contribution in [0.5, 0.6) is 0 Å². The number of methoxy groups -OCH3 is 1. The number of nitrogens with zero attached hydrogens (tertiary/aromatic N) is 3. The first-order valence-corrected chi connectivity index (χ1v) is 6.77. The molecule has 1 atom stereocenters. The third kappa shape index (κ3) is 4.02. The first-order chi connectivity index (χ1) is 10.1. The highest BCUT2D eigenvalue weighted by Gasteiger charge is 2.20. The van der Waals surface area contributed by atoms with Gasteiger partial charge in [0.1, 0.15) is 0 Å². The van der Waals surface area contributed by atoms with Crippen LogP contribution in [0, 0.1) is 0 Å². The maximum Gasteiger partial charge on any atom is 0.413 e. The fraction of sp³-hybridized carbons (Fsp3) is 0.250. The average molecular weight is 308 g/mol. The third-order valence-corrected chi connectivity index (χ3v) is 3.31. The standard InChI is InChI=1S/C12H12N4O4S/c1-7(9(17)14-11(18)19-2)21-12-16-15-10(20-12)8-4-3-5-13-6-8/h3-7H,1-2H3,(H,14,17,18)/t7-/m0/s1. The number of carbonyl (C=O) groups is 2. The minimum absolute atomic E-state index is 0.223. The molecule has 0 fully saturated rings. The molecular weight excluding hydrogens is 296 g/mol. The molecule has 0 aliphatic rings. The molecule has 0 saturated carbocycles. The van der Waals surface area contributed by atoms with Crippen molar-refractivity contribution in [3.05, 3.63) is 24.5 Å². The molecule has 0 aliphatic carbocycles. The molecule has 0 unspecified atom stereocenters. The Labute approximate surface area is 124 Å². The third-order valence-electron chi connectivity index (χ3n) is 2.37. The minimum Gasteiger partial charge on any atom is -0.453 e. The number of hydrogen-bond donors (Lipinski definition) is 1. The van der Waals surface area contributed by atoms with Gasteiger partial charge in [-0.25, -0.2) is 4.79 Å². The first-order valence-electron chi connectivity index (χ1n) is 5.89. The van der Waals surface area contributed by atoms with E-state index in [1.54, 1.807) is 31.5 Å². The Morgan fingerprint density at radius 3 is 2.90 bits per heavy atom. The van der Waals surface area contributed by atoms with Gasteiger partial charge in [0.05, 0.1) is 17.9 Å². The second kappa shape index (κ2) is 6.84. The molecule has 21 heavy (non-hydrogen) atoms. The Morgan fingerprint density at radius 1 is 1.43 bits per heavy atom. The highest BCUT2D eigenvalue weighted by atomic mass is 32.2.